The lowest BCUT2D eigenvalue weighted by Crippen LogP contribution is -2.64. The number of nitrogens with zero attached hydrogens (tertiary/aromatic N) is 2. The number of piperidine rings is 1. The number of aliphatic hydroxyl groups excluding tert-OH is 2. The lowest BCUT2D eigenvalue weighted by molar-refractivity contribution is -0.302. The molecule has 348 valence electrons. The molecule has 1 aliphatic carbocycles. The molecular formula is C50H72N2O11. The van der Waals surface area contributed by atoms with Crippen LogP contribution in [0.4, 0.5) is 0 Å². The molecule has 0 spiro atoms. The lowest BCUT2D eigenvalue weighted by atomic mass is 9.82. The van der Waals surface area contributed by atoms with Crippen molar-refractivity contribution in [2.24, 2.45) is 23.7 Å². The van der Waals surface area contributed by atoms with Crippen LogP contribution in [0.5, 0.6) is 0 Å². The fourth-order valence-electron chi connectivity index (χ4n) is 10.5. The van der Waals surface area contributed by atoms with Crippen LogP contribution in [0.1, 0.15) is 109 Å². The number of fused-ring (bicyclic) bond motifs is 4. The van der Waals surface area contributed by atoms with Crippen LogP contribution >= 0.6 is 0 Å². The highest BCUT2D eigenvalue weighted by atomic mass is 16.7. The number of amides is 1. The number of ketones is 1. The van der Waals surface area contributed by atoms with Crippen LogP contribution in [0, 0.1) is 23.7 Å². The Labute approximate surface area is 373 Å². The van der Waals surface area contributed by atoms with E-state index in [-0.39, 0.29) is 43.7 Å². The first kappa shape index (κ1) is 48.8. The number of aliphatic hydroxyl groups is 3. The minimum Gasteiger partial charge on any atom is -0.456 e. The van der Waals surface area contributed by atoms with Crippen molar-refractivity contribution in [3.63, 3.8) is 0 Å². The summed E-state index contributed by atoms with van der Waals surface area (Å²) < 4.78 is 32.5. The monoisotopic (exact) mass is 877 g/mol. The molecule has 6 rings (SSSR count). The molecule has 63 heavy (non-hydrogen) atoms. The van der Waals surface area contributed by atoms with Gasteiger partial charge in [-0.3, -0.25) is 9.59 Å². The van der Waals surface area contributed by atoms with E-state index in [0.29, 0.717) is 51.5 Å². The average Bonchev–Trinajstić information content (AvgIpc) is 3.63. The van der Waals surface area contributed by atoms with Crippen LogP contribution in [0.2, 0.25) is 0 Å². The molecular weight excluding hydrogens is 805 g/mol. The van der Waals surface area contributed by atoms with Crippen molar-refractivity contribution in [1.29, 1.82) is 0 Å². The maximum atomic E-state index is 14.6. The van der Waals surface area contributed by atoms with Gasteiger partial charge in [0.15, 0.2) is 0 Å². The number of allylic oxidation sites excluding steroid dienone is 2. The number of esters is 1. The summed E-state index contributed by atoms with van der Waals surface area (Å²) in [5, 5.41) is 35.0. The van der Waals surface area contributed by atoms with Gasteiger partial charge in [-0.05, 0) is 106 Å². The van der Waals surface area contributed by atoms with Gasteiger partial charge in [0.05, 0.1) is 30.5 Å². The Balaban J connectivity index is 1.43. The number of hydrogen-bond acceptors (Lipinski definition) is 11. The summed E-state index contributed by atoms with van der Waals surface area (Å²) in [7, 11) is 4.72. The number of aromatic nitrogens is 1. The number of Topliss-reactive ketones (excluding diaryl/α,β-unsaturated/α-hetero) is 1. The number of carbonyl (C=O) groups excluding carboxylic acids is 3. The Morgan fingerprint density at radius 2 is 1.57 bits per heavy atom. The van der Waals surface area contributed by atoms with Crippen molar-refractivity contribution in [2.45, 2.75) is 160 Å². The smallest absolute Gasteiger partial charge is 0.329 e. The molecule has 1 saturated carbocycles. The van der Waals surface area contributed by atoms with E-state index >= 15 is 0 Å². The van der Waals surface area contributed by atoms with E-state index in [1.807, 2.05) is 32.0 Å². The highest BCUT2D eigenvalue weighted by molar-refractivity contribution is 6.39. The fraction of sp³-hybridized carbons (Fsp3) is 0.660. The van der Waals surface area contributed by atoms with Crippen LogP contribution in [-0.4, -0.2) is 125 Å². The van der Waals surface area contributed by atoms with Gasteiger partial charge < -0.3 is 48.5 Å². The molecule has 3 fully saturated rings. The van der Waals surface area contributed by atoms with Gasteiger partial charge in [-0.15, -0.1) is 0 Å². The highest BCUT2D eigenvalue weighted by Crippen LogP contribution is 2.39. The Kier molecular flexibility index (Phi) is 16.7. The topological polar surface area (TPSA) is 166 Å². The van der Waals surface area contributed by atoms with Gasteiger partial charge in [-0.1, -0.05) is 68.8 Å². The van der Waals surface area contributed by atoms with Crippen LogP contribution in [0.15, 0.2) is 59.8 Å². The minimum absolute atomic E-state index is 0.0274. The van der Waals surface area contributed by atoms with Crippen molar-refractivity contribution < 1.29 is 53.4 Å². The van der Waals surface area contributed by atoms with E-state index in [1.165, 1.54) is 4.90 Å². The van der Waals surface area contributed by atoms with Crippen molar-refractivity contribution >= 4 is 23.7 Å². The van der Waals surface area contributed by atoms with Crippen LogP contribution < -0.4 is 0 Å². The number of rotatable bonds is 7. The zero-order valence-electron chi connectivity index (χ0n) is 38.6. The van der Waals surface area contributed by atoms with Crippen molar-refractivity contribution in [3.05, 3.63) is 76.6 Å². The first-order valence-corrected chi connectivity index (χ1v) is 23.1. The standard InChI is InChI=1S/C50H72N2O11/c1-30-22-31(2)24-43(60-7)46-44(61-8)26-33(4)50(58,63-46)47(55)48(56)52-20-13-12-16-38(52)49(57)62-45(32(3)25-36-17-18-40(53)42(27-36)59-6)34(5)41(54)28-39-37(23-30)19-21-51(39)29-35-14-10-9-11-15-35/h9-11,14-15,19,21,23,25,31,33-34,36,38,40-46,53-54,58H,12-13,16-18,20,22,24,26-29H2,1-8H3. The first-order valence-electron chi connectivity index (χ1n) is 23.1. The third-order valence-corrected chi connectivity index (χ3v) is 14.3. The van der Waals surface area contributed by atoms with E-state index in [9.17, 15) is 29.7 Å². The second kappa shape index (κ2) is 21.5. The highest BCUT2D eigenvalue weighted by Gasteiger charge is 2.56. The second-order valence-corrected chi connectivity index (χ2v) is 19.0. The summed E-state index contributed by atoms with van der Waals surface area (Å²) >= 11 is 0. The normalized spacial score (nSPS) is 35.8. The largest absolute Gasteiger partial charge is 0.456 e. The molecule has 1 aromatic carbocycles. The maximum absolute atomic E-state index is 14.6. The molecule has 13 heteroatoms. The van der Waals surface area contributed by atoms with E-state index in [2.05, 4.69) is 55.0 Å². The number of carbonyl (C=O) groups is 3. The summed E-state index contributed by atoms with van der Waals surface area (Å²) in [6.07, 6.45) is 6.54. The molecule has 3 aliphatic heterocycles. The minimum atomic E-state index is -2.49. The van der Waals surface area contributed by atoms with Crippen molar-refractivity contribution in [3.8, 4) is 0 Å². The van der Waals surface area contributed by atoms with E-state index in [4.69, 9.17) is 23.7 Å². The van der Waals surface area contributed by atoms with Crippen LogP contribution in [-0.2, 0) is 51.0 Å². The van der Waals surface area contributed by atoms with Crippen molar-refractivity contribution in [1.82, 2.24) is 9.47 Å². The van der Waals surface area contributed by atoms with Crippen LogP contribution in [0.25, 0.3) is 6.08 Å². The number of hydrogen-bond donors (Lipinski definition) is 3. The molecule has 1 amide bonds. The van der Waals surface area contributed by atoms with Crippen molar-refractivity contribution in [2.75, 3.05) is 27.9 Å². The van der Waals surface area contributed by atoms with Gasteiger partial charge in [-0.25, -0.2) is 4.79 Å². The zero-order chi connectivity index (χ0) is 45.6. The molecule has 13 nitrogen and oxygen atoms in total. The lowest BCUT2D eigenvalue weighted by Gasteiger charge is -2.47. The quantitative estimate of drug-likeness (QED) is 0.169. The van der Waals surface area contributed by atoms with Gasteiger partial charge >= 0.3 is 5.97 Å². The molecule has 3 N–H and O–H groups in total. The Hall–Kier alpha value is -3.69. The molecule has 0 radical (unpaired) electrons. The molecule has 4 aliphatic rings. The summed E-state index contributed by atoms with van der Waals surface area (Å²) in [4.78, 5) is 44.6. The third-order valence-electron chi connectivity index (χ3n) is 14.3. The molecule has 13 atom stereocenters. The van der Waals surface area contributed by atoms with Gasteiger partial charge in [-0.2, -0.15) is 0 Å². The SMILES string of the molecule is COC1CC(C=C(C)C2OC(=O)C3CCCCN3C(=O)C(=O)C3(O)OC(C(OC)CC(C)CC(C)=Cc4ccn(Cc5ccccc5)c4CC(O)C2C)C(OC)CC3C)CCC1O. The number of ether oxygens (including phenoxy) is 5. The van der Waals surface area contributed by atoms with E-state index < -0.39 is 77.9 Å². The molecule has 13 unspecified atom stereocenters. The van der Waals surface area contributed by atoms with Gasteiger partial charge in [0.1, 0.15) is 18.2 Å². The molecule has 2 bridgehead atoms. The average molecular weight is 877 g/mol. The second-order valence-electron chi connectivity index (χ2n) is 19.0. The zero-order valence-corrected chi connectivity index (χ0v) is 38.6. The van der Waals surface area contributed by atoms with E-state index in [1.54, 1.807) is 28.3 Å². The number of benzene rings is 1. The molecule has 2 aromatic rings. The number of cyclic esters (lactones) is 1. The molecule has 2 saturated heterocycles. The Bertz CT molecular complexity index is 1930. The van der Waals surface area contributed by atoms with Gasteiger partial charge in [0.2, 0.25) is 5.79 Å². The maximum Gasteiger partial charge on any atom is 0.329 e. The predicted molar refractivity (Wildman–Crippen MR) is 238 cm³/mol. The molecule has 4 heterocycles. The number of methoxy groups -OCH3 is 3. The third kappa shape index (κ3) is 11.2. The van der Waals surface area contributed by atoms with Gasteiger partial charge in [0, 0.05) is 64.6 Å². The Morgan fingerprint density at radius 1 is 0.873 bits per heavy atom. The van der Waals surface area contributed by atoms with E-state index in [0.717, 1.165) is 28.0 Å². The Morgan fingerprint density at radius 3 is 2.27 bits per heavy atom. The summed E-state index contributed by atoms with van der Waals surface area (Å²) in [5.74, 6) is -6.64. The predicted octanol–water partition coefficient (Wildman–Crippen LogP) is 6.04. The first-order chi connectivity index (χ1) is 30.1. The summed E-state index contributed by atoms with van der Waals surface area (Å²) in [6.45, 7) is 10.4. The van der Waals surface area contributed by atoms with Gasteiger partial charge in [0.25, 0.3) is 11.7 Å². The summed E-state index contributed by atoms with van der Waals surface area (Å²) in [6, 6.07) is 11.1. The summed E-state index contributed by atoms with van der Waals surface area (Å²) in [5.41, 5.74) is 4.88. The molecule has 1 aromatic heterocycles. The van der Waals surface area contributed by atoms with Crippen LogP contribution in [0.3, 0.4) is 0 Å². The fourth-order valence-corrected chi connectivity index (χ4v) is 10.5.